The molecule has 0 aliphatic rings. The van der Waals surface area contributed by atoms with Gasteiger partial charge in [-0.15, -0.1) is 5.10 Å². The number of thioether (sulfide) groups is 1. The predicted octanol–water partition coefficient (Wildman–Crippen LogP) is 3.35. The maximum atomic E-state index is 12.5. The summed E-state index contributed by atoms with van der Waals surface area (Å²) in [4.78, 5) is 12.4. The summed E-state index contributed by atoms with van der Waals surface area (Å²) in [6.45, 7) is 5.50. The first kappa shape index (κ1) is 22.9. The highest BCUT2D eigenvalue weighted by atomic mass is 35.5. The number of carbonyl (C=O) groups is 1. The van der Waals surface area contributed by atoms with Gasteiger partial charge >= 0.3 is 0 Å². The van der Waals surface area contributed by atoms with Gasteiger partial charge in [-0.05, 0) is 50.3 Å². The van der Waals surface area contributed by atoms with Gasteiger partial charge in [-0.2, -0.15) is 0 Å². The van der Waals surface area contributed by atoms with Gasteiger partial charge in [-0.3, -0.25) is 4.79 Å². The second kappa shape index (κ2) is 9.40. The van der Waals surface area contributed by atoms with E-state index in [1.165, 1.54) is 49.3 Å². The summed E-state index contributed by atoms with van der Waals surface area (Å²) in [5.41, 5.74) is 0.336. The van der Waals surface area contributed by atoms with Crippen molar-refractivity contribution in [1.82, 2.24) is 14.5 Å². The summed E-state index contributed by atoms with van der Waals surface area (Å²) in [5.74, 6) is -0.304. The van der Waals surface area contributed by atoms with Crippen LogP contribution in [-0.2, 0) is 14.8 Å². The maximum absolute atomic E-state index is 12.5. The number of benzene rings is 1. The summed E-state index contributed by atoms with van der Waals surface area (Å²) in [6.07, 6.45) is -0.0101. The van der Waals surface area contributed by atoms with Crippen molar-refractivity contribution in [3.8, 4) is 5.19 Å². The summed E-state index contributed by atoms with van der Waals surface area (Å²) in [7, 11) is -0.904. The Hall–Kier alpha value is -1.40. The lowest BCUT2D eigenvalue weighted by molar-refractivity contribution is -0.115. The first-order chi connectivity index (χ1) is 13.0. The number of sulfonamides is 1. The Labute approximate surface area is 177 Å². The zero-order valence-corrected chi connectivity index (χ0v) is 19.2. The Morgan fingerprint density at radius 2 is 1.96 bits per heavy atom. The van der Waals surface area contributed by atoms with Gasteiger partial charge in [-0.1, -0.05) is 28.5 Å². The summed E-state index contributed by atoms with van der Waals surface area (Å²) >= 11 is 8.52. The van der Waals surface area contributed by atoms with Gasteiger partial charge in [-0.25, -0.2) is 12.7 Å². The van der Waals surface area contributed by atoms with E-state index in [4.69, 9.17) is 16.3 Å². The number of hydrogen-bond acceptors (Lipinski definition) is 8. The number of amides is 1. The largest absolute Gasteiger partial charge is 0.466 e. The fourth-order valence-corrected chi connectivity index (χ4v) is 5.26. The van der Waals surface area contributed by atoms with Crippen LogP contribution < -0.4 is 10.1 Å². The van der Waals surface area contributed by atoms with Crippen LogP contribution in [0.15, 0.2) is 27.4 Å². The highest BCUT2D eigenvalue weighted by molar-refractivity contribution is 8.02. The van der Waals surface area contributed by atoms with Crippen LogP contribution in [0, 0.1) is 0 Å². The lowest BCUT2D eigenvalue weighted by Crippen LogP contribution is -2.24. The first-order valence-electron chi connectivity index (χ1n) is 8.20. The molecule has 1 unspecified atom stereocenters. The summed E-state index contributed by atoms with van der Waals surface area (Å²) in [5, 5.41) is 10.7. The van der Waals surface area contributed by atoms with Crippen molar-refractivity contribution in [3.05, 3.63) is 23.2 Å². The molecule has 1 heterocycles. The zero-order chi connectivity index (χ0) is 21.1. The van der Waals surface area contributed by atoms with Gasteiger partial charge in [0, 0.05) is 19.8 Å². The van der Waals surface area contributed by atoms with Crippen LogP contribution in [0.5, 0.6) is 5.19 Å². The molecule has 1 aromatic heterocycles. The van der Waals surface area contributed by atoms with E-state index in [9.17, 15) is 13.2 Å². The topological polar surface area (TPSA) is 101 Å². The van der Waals surface area contributed by atoms with Crippen molar-refractivity contribution in [2.75, 3.05) is 19.4 Å². The maximum Gasteiger partial charge on any atom is 0.295 e. The normalized spacial score (nSPS) is 13.0. The van der Waals surface area contributed by atoms with Crippen molar-refractivity contribution in [2.24, 2.45) is 0 Å². The third-order valence-electron chi connectivity index (χ3n) is 3.33. The fraction of sp³-hybridized carbons (Fsp3) is 0.438. The molecule has 1 amide bonds. The lowest BCUT2D eigenvalue weighted by atomic mass is 10.3. The van der Waals surface area contributed by atoms with E-state index in [1.807, 2.05) is 13.8 Å². The highest BCUT2D eigenvalue weighted by Gasteiger charge is 2.23. The van der Waals surface area contributed by atoms with Gasteiger partial charge in [0.25, 0.3) is 5.19 Å². The molecule has 12 heteroatoms. The number of aromatic nitrogens is 2. The molecule has 8 nitrogen and oxygen atoms in total. The smallest absolute Gasteiger partial charge is 0.295 e. The van der Waals surface area contributed by atoms with Crippen molar-refractivity contribution in [2.45, 2.75) is 41.4 Å². The van der Waals surface area contributed by atoms with Crippen molar-refractivity contribution in [1.29, 1.82) is 0 Å². The Balaban J connectivity index is 2.09. The average Bonchev–Trinajstić information content (AvgIpc) is 3.02. The molecule has 1 N–H and O–H groups in total. The number of rotatable bonds is 8. The van der Waals surface area contributed by atoms with Gasteiger partial charge < -0.3 is 10.1 Å². The monoisotopic (exact) mass is 464 g/mol. The number of halogens is 1. The molecule has 0 spiro atoms. The van der Waals surface area contributed by atoms with Crippen LogP contribution in [0.2, 0.25) is 5.02 Å². The molecule has 0 fully saturated rings. The number of nitrogens with zero attached hydrogens (tertiary/aromatic N) is 3. The Bertz CT molecular complexity index is 947. The molecule has 0 saturated carbocycles. The van der Waals surface area contributed by atoms with Gasteiger partial charge in [0.2, 0.25) is 15.9 Å². The minimum atomic E-state index is -3.73. The van der Waals surface area contributed by atoms with E-state index >= 15 is 0 Å². The molecule has 0 bridgehead atoms. The van der Waals surface area contributed by atoms with E-state index < -0.39 is 15.3 Å². The van der Waals surface area contributed by atoms with Crippen LogP contribution in [0.1, 0.15) is 20.8 Å². The molecule has 1 aromatic carbocycles. The molecule has 0 aliphatic carbocycles. The molecule has 0 radical (unpaired) electrons. The van der Waals surface area contributed by atoms with E-state index in [0.29, 0.717) is 15.2 Å². The van der Waals surface area contributed by atoms with Crippen molar-refractivity contribution >= 4 is 56.3 Å². The molecular weight excluding hydrogens is 444 g/mol. The highest BCUT2D eigenvalue weighted by Crippen LogP contribution is 2.31. The van der Waals surface area contributed by atoms with E-state index in [2.05, 4.69) is 15.5 Å². The number of carbonyl (C=O) groups excluding carboxylic acids is 1. The Morgan fingerprint density at radius 3 is 2.57 bits per heavy atom. The number of nitrogens with one attached hydrogen (secondary N) is 1. The fourth-order valence-electron chi connectivity index (χ4n) is 1.92. The van der Waals surface area contributed by atoms with Crippen molar-refractivity contribution < 1.29 is 17.9 Å². The molecule has 0 aliphatic heterocycles. The lowest BCUT2D eigenvalue weighted by Gasteiger charge is -2.15. The quantitative estimate of drug-likeness (QED) is 0.597. The van der Waals surface area contributed by atoms with Crippen LogP contribution in [0.4, 0.5) is 5.69 Å². The van der Waals surface area contributed by atoms with Gasteiger partial charge in [0.1, 0.15) is 4.90 Å². The SMILES string of the molecule is CC(C)Oc1nnc(SC(C)C(=O)Nc2ccc(Cl)c(S(=O)(=O)N(C)C)c2)s1. The van der Waals surface area contributed by atoms with Gasteiger partial charge in [0.05, 0.1) is 16.4 Å². The van der Waals surface area contributed by atoms with E-state index in [0.717, 1.165) is 4.31 Å². The average molecular weight is 465 g/mol. The molecule has 0 saturated heterocycles. The number of anilines is 1. The first-order valence-corrected chi connectivity index (χ1v) is 11.7. The molecule has 2 rings (SSSR count). The van der Waals surface area contributed by atoms with Crippen molar-refractivity contribution in [3.63, 3.8) is 0 Å². The molecule has 28 heavy (non-hydrogen) atoms. The van der Waals surface area contributed by atoms with Crippen LogP contribution in [0.25, 0.3) is 0 Å². The number of hydrogen-bond donors (Lipinski definition) is 1. The molecular formula is C16H21ClN4O4S3. The second-order valence-electron chi connectivity index (χ2n) is 6.18. The molecule has 1 atom stereocenters. The Morgan fingerprint density at radius 1 is 1.29 bits per heavy atom. The molecule has 154 valence electrons. The van der Waals surface area contributed by atoms with Crippen LogP contribution in [0.3, 0.4) is 0 Å². The summed E-state index contributed by atoms with van der Waals surface area (Å²) in [6, 6.07) is 4.32. The summed E-state index contributed by atoms with van der Waals surface area (Å²) < 4.78 is 31.8. The third-order valence-corrected chi connectivity index (χ3v) is 7.62. The Kier molecular flexibility index (Phi) is 7.68. The molecule has 2 aromatic rings. The van der Waals surface area contributed by atoms with Gasteiger partial charge in [0.15, 0.2) is 4.34 Å². The van der Waals surface area contributed by atoms with Crippen LogP contribution in [-0.4, -0.2) is 54.3 Å². The number of ether oxygens (including phenoxy) is 1. The predicted molar refractivity (Wildman–Crippen MR) is 112 cm³/mol. The van der Waals surface area contributed by atoms with E-state index in [1.54, 1.807) is 13.0 Å². The minimum absolute atomic E-state index is 0.0101. The standard InChI is InChI=1S/C16H21ClN4O4S3/c1-9(2)25-15-19-20-16(27-15)26-10(3)14(22)18-11-6-7-12(17)13(8-11)28(23,24)21(4)5/h6-10H,1-5H3,(H,18,22). The third kappa shape index (κ3) is 5.80. The minimum Gasteiger partial charge on any atom is -0.466 e. The van der Waals surface area contributed by atoms with E-state index in [-0.39, 0.29) is 21.9 Å². The van der Waals surface area contributed by atoms with Crippen LogP contribution >= 0.6 is 34.7 Å². The second-order valence-corrected chi connectivity index (χ2v) is 11.2. The zero-order valence-electron chi connectivity index (χ0n) is 16.0.